The Hall–Kier alpha value is -0.920. The summed E-state index contributed by atoms with van der Waals surface area (Å²) in [6, 6.07) is 1.88. The molecule has 0 N–H and O–H groups in total. The first-order chi connectivity index (χ1) is 7.56. The number of nitriles is 1. The predicted molar refractivity (Wildman–Crippen MR) is 58.6 cm³/mol. The number of carbonyl (C=O) groups is 1. The average Bonchev–Trinajstić information content (AvgIpc) is 2.28. The summed E-state index contributed by atoms with van der Waals surface area (Å²) in [5.74, 6) is -0.0780. The largest absolute Gasteiger partial charge is 0.353 e. The molecule has 1 aliphatic heterocycles. The molecule has 0 spiro atoms. The highest BCUT2D eigenvalue weighted by atomic mass is 16.7. The normalized spacial score (nSPS) is 21.4. The first kappa shape index (κ1) is 13.1. The Kier molecular flexibility index (Phi) is 4.91. The van der Waals surface area contributed by atoms with Crippen LogP contribution < -0.4 is 0 Å². The molecule has 1 rings (SSSR count). The Morgan fingerprint density at radius 3 is 2.88 bits per heavy atom. The summed E-state index contributed by atoms with van der Waals surface area (Å²) in [5.41, 5.74) is -0.601. The van der Waals surface area contributed by atoms with E-state index in [9.17, 15) is 4.79 Å². The van der Waals surface area contributed by atoms with E-state index in [2.05, 4.69) is 0 Å². The standard InChI is InChI=1S/C12H19NO3/c1-12(2,10(14)6-7-13)9-16-11-5-3-4-8-15-11/h11H,3-6,8-9H2,1-2H3. The van der Waals surface area contributed by atoms with Gasteiger partial charge >= 0.3 is 0 Å². The Bertz CT molecular complexity index is 274. The summed E-state index contributed by atoms with van der Waals surface area (Å²) >= 11 is 0. The molecule has 1 aliphatic rings. The second kappa shape index (κ2) is 5.97. The fourth-order valence-electron chi connectivity index (χ4n) is 1.54. The highest BCUT2D eigenvalue weighted by Crippen LogP contribution is 2.22. The highest BCUT2D eigenvalue weighted by molar-refractivity contribution is 5.85. The highest BCUT2D eigenvalue weighted by Gasteiger charge is 2.29. The van der Waals surface area contributed by atoms with Gasteiger partial charge < -0.3 is 9.47 Å². The van der Waals surface area contributed by atoms with Gasteiger partial charge in [-0.25, -0.2) is 0 Å². The van der Waals surface area contributed by atoms with Crippen molar-refractivity contribution in [2.24, 2.45) is 5.41 Å². The first-order valence-corrected chi connectivity index (χ1v) is 5.70. The van der Waals surface area contributed by atoms with Gasteiger partial charge in [-0.2, -0.15) is 5.26 Å². The minimum Gasteiger partial charge on any atom is -0.353 e. The molecule has 1 atom stereocenters. The third kappa shape index (κ3) is 3.92. The van der Waals surface area contributed by atoms with Crippen LogP contribution in [0.1, 0.15) is 39.5 Å². The number of rotatable bonds is 5. The lowest BCUT2D eigenvalue weighted by molar-refractivity contribution is -0.178. The third-order valence-electron chi connectivity index (χ3n) is 2.76. The predicted octanol–water partition coefficient (Wildman–Crippen LogP) is 2.04. The van der Waals surface area contributed by atoms with Crippen LogP contribution in [0.15, 0.2) is 0 Å². The third-order valence-corrected chi connectivity index (χ3v) is 2.76. The smallest absolute Gasteiger partial charge is 0.157 e. The van der Waals surface area contributed by atoms with Crippen molar-refractivity contribution >= 4 is 5.78 Å². The molecule has 1 saturated heterocycles. The fourth-order valence-corrected chi connectivity index (χ4v) is 1.54. The van der Waals surface area contributed by atoms with Crippen LogP contribution in [0, 0.1) is 16.7 Å². The molecule has 4 nitrogen and oxygen atoms in total. The van der Waals surface area contributed by atoms with Gasteiger partial charge in [-0.1, -0.05) is 13.8 Å². The van der Waals surface area contributed by atoms with Crippen molar-refractivity contribution in [1.82, 2.24) is 0 Å². The first-order valence-electron chi connectivity index (χ1n) is 5.70. The van der Waals surface area contributed by atoms with Crippen molar-refractivity contribution in [3.05, 3.63) is 0 Å². The fraction of sp³-hybridized carbons (Fsp3) is 0.833. The topological polar surface area (TPSA) is 59.3 Å². The Morgan fingerprint density at radius 1 is 1.56 bits per heavy atom. The van der Waals surface area contributed by atoms with E-state index in [4.69, 9.17) is 14.7 Å². The molecule has 0 aromatic carbocycles. The molecule has 90 valence electrons. The number of Topliss-reactive ketones (excluding diaryl/α,β-unsaturated/α-hetero) is 1. The van der Waals surface area contributed by atoms with Gasteiger partial charge in [-0.15, -0.1) is 0 Å². The monoisotopic (exact) mass is 225 g/mol. The van der Waals surface area contributed by atoms with E-state index in [-0.39, 0.29) is 18.5 Å². The molecule has 0 aliphatic carbocycles. The van der Waals surface area contributed by atoms with Crippen LogP contribution >= 0.6 is 0 Å². The molecule has 4 heteroatoms. The van der Waals surface area contributed by atoms with Crippen LogP contribution in [0.2, 0.25) is 0 Å². The van der Waals surface area contributed by atoms with Crippen molar-refractivity contribution in [2.45, 2.75) is 45.8 Å². The summed E-state index contributed by atoms with van der Waals surface area (Å²) in [7, 11) is 0. The summed E-state index contributed by atoms with van der Waals surface area (Å²) < 4.78 is 11.0. The van der Waals surface area contributed by atoms with Crippen LogP contribution in [-0.4, -0.2) is 25.3 Å². The molecule has 1 heterocycles. The van der Waals surface area contributed by atoms with Gasteiger partial charge in [0.15, 0.2) is 12.1 Å². The number of hydrogen-bond acceptors (Lipinski definition) is 4. The molecular formula is C12H19NO3. The Balaban J connectivity index is 2.34. The van der Waals surface area contributed by atoms with E-state index in [1.54, 1.807) is 13.8 Å². The van der Waals surface area contributed by atoms with Gasteiger partial charge in [0.2, 0.25) is 0 Å². The lowest BCUT2D eigenvalue weighted by Gasteiger charge is -2.28. The molecule has 1 fully saturated rings. The summed E-state index contributed by atoms with van der Waals surface area (Å²) in [4.78, 5) is 11.6. The average molecular weight is 225 g/mol. The second-order valence-electron chi connectivity index (χ2n) is 4.75. The summed E-state index contributed by atoms with van der Waals surface area (Å²) in [6.07, 6.45) is 2.85. The minimum absolute atomic E-state index is 0.0537. The van der Waals surface area contributed by atoms with Crippen molar-refractivity contribution in [3.63, 3.8) is 0 Å². The number of nitrogens with zero attached hydrogens (tertiary/aromatic N) is 1. The number of ketones is 1. The van der Waals surface area contributed by atoms with Crippen LogP contribution in [0.5, 0.6) is 0 Å². The van der Waals surface area contributed by atoms with E-state index in [1.807, 2.05) is 6.07 Å². The number of ether oxygens (including phenoxy) is 2. The molecule has 1 unspecified atom stereocenters. The molecule has 0 aromatic heterocycles. The van der Waals surface area contributed by atoms with E-state index in [0.717, 1.165) is 25.9 Å². The number of hydrogen-bond donors (Lipinski definition) is 0. The van der Waals surface area contributed by atoms with E-state index in [0.29, 0.717) is 6.61 Å². The van der Waals surface area contributed by atoms with Gasteiger partial charge in [-0.3, -0.25) is 4.79 Å². The van der Waals surface area contributed by atoms with Crippen LogP contribution in [0.3, 0.4) is 0 Å². The van der Waals surface area contributed by atoms with Crippen molar-refractivity contribution < 1.29 is 14.3 Å². The number of carbonyl (C=O) groups excluding carboxylic acids is 1. The molecule has 16 heavy (non-hydrogen) atoms. The maximum absolute atomic E-state index is 11.6. The molecule has 0 bridgehead atoms. The quantitative estimate of drug-likeness (QED) is 0.718. The van der Waals surface area contributed by atoms with Crippen molar-refractivity contribution in [3.8, 4) is 6.07 Å². The van der Waals surface area contributed by atoms with Crippen LogP contribution in [-0.2, 0) is 14.3 Å². The molecule has 0 saturated carbocycles. The van der Waals surface area contributed by atoms with Crippen LogP contribution in [0.4, 0.5) is 0 Å². The molecular weight excluding hydrogens is 206 g/mol. The lowest BCUT2D eigenvalue weighted by Crippen LogP contribution is -2.33. The van der Waals surface area contributed by atoms with Gasteiger partial charge in [0.25, 0.3) is 0 Å². The summed E-state index contributed by atoms with van der Waals surface area (Å²) in [5, 5.41) is 8.48. The molecule has 0 radical (unpaired) electrons. The van der Waals surface area contributed by atoms with E-state index < -0.39 is 5.41 Å². The van der Waals surface area contributed by atoms with Gasteiger partial charge in [-0.05, 0) is 19.3 Å². The van der Waals surface area contributed by atoms with E-state index >= 15 is 0 Å². The minimum atomic E-state index is -0.601. The Labute approximate surface area is 96.5 Å². The zero-order chi connectivity index (χ0) is 12.0. The molecule has 0 aromatic rings. The van der Waals surface area contributed by atoms with Crippen LogP contribution in [0.25, 0.3) is 0 Å². The lowest BCUT2D eigenvalue weighted by atomic mass is 9.87. The SMILES string of the molecule is CC(C)(COC1CCCCO1)C(=O)CC#N. The maximum Gasteiger partial charge on any atom is 0.157 e. The maximum atomic E-state index is 11.6. The van der Waals surface area contributed by atoms with Gasteiger partial charge in [0.1, 0.15) is 0 Å². The van der Waals surface area contributed by atoms with E-state index in [1.165, 1.54) is 0 Å². The van der Waals surface area contributed by atoms with Gasteiger partial charge in [0, 0.05) is 12.0 Å². The van der Waals surface area contributed by atoms with Crippen molar-refractivity contribution in [2.75, 3.05) is 13.2 Å². The zero-order valence-electron chi connectivity index (χ0n) is 9.99. The Morgan fingerprint density at radius 2 is 2.31 bits per heavy atom. The summed E-state index contributed by atoms with van der Waals surface area (Å²) in [6.45, 7) is 4.65. The van der Waals surface area contributed by atoms with Crippen molar-refractivity contribution in [1.29, 1.82) is 5.26 Å². The zero-order valence-corrected chi connectivity index (χ0v) is 9.99. The van der Waals surface area contributed by atoms with Gasteiger partial charge in [0.05, 0.1) is 19.1 Å². The second-order valence-corrected chi connectivity index (χ2v) is 4.75. The molecule has 0 amide bonds.